The molecule has 0 bridgehead atoms. The van der Waals surface area contributed by atoms with Gasteiger partial charge in [0, 0.05) is 23.0 Å². The van der Waals surface area contributed by atoms with Gasteiger partial charge in [0.05, 0.1) is 10.5 Å². The zero-order chi connectivity index (χ0) is 15.2. The number of alkyl halides is 3. The van der Waals surface area contributed by atoms with Crippen LogP contribution >= 0.6 is 0 Å². The second-order valence-corrected chi connectivity index (χ2v) is 4.49. The van der Waals surface area contributed by atoms with Crippen LogP contribution in [0, 0.1) is 10.1 Å². The predicted molar refractivity (Wildman–Crippen MR) is 70.9 cm³/mol. The fourth-order valence-corrected chi connectivity index (χ4v) is 2.25. The zero-order valence-electron chi connectivity index (χ0n) is 10.4. The quantitative estimate of drug-likeness (QED) is 0.381. The van der Waals surface area contributed by atoms with Crippen molar-refractivity contribution in [1.29, 1.82) is 0 Å². The van der Waals surface area contributed by atoms with Gasteiger partial charge < -0.3 is 0 Å². The first kappa shape index (κ1) is 13.3. The minimum atomic E-state index is -4.66. The Morgan fingerprint density at radius 2 is 1.81 bits per heavy atom. The molecule has 0 amide bonds. The number of hydrogen-bond acceptors (Lipinski definition) is 3. The Hall–Kier alpha value is -2.70. The predicted octanol–water partition coefficient (Wildman–Crippen LogP) is 4.32. The maximum absolute atomic E-state index is 12.9. The van der Waals surface area contributed by atoms with Gasteiger partial charge in [-0.05, 0) is 11.5 Å². The van der Waals surface area contributed by atoms with E-state index >= 15 is 0 Å². The molecule has 0 saturated heterocycles. The van der Waals surface area contributed by atoms with E-state index in [0.29, 0.717) is 16.8 Å². The van der Waals surface area contributed by atoms with Crippen LogP contribution in [-0.2, 0) is 6.18 Å². The van der Waals surface area contributed by atoms with Gasteiger partial charge in [-0.25, -0.2) is 4.98 Å². The number of non-ortho nitro benzene ring substituents is 1. The molecule has 21 heavy (non-hydrogen) atoms. The van der Waals surface area contributed by atoms with Crippen LogP contribution in [0.2, 0.25) is 0 Å². The largest absolute Gasteiger partial charge is 0.416 e. The van der Waals surface area contributed by atoms with Crippen molar-refractivity contribution in [3.8, 4) is 0 Å². The van der Waals surface area contributed by atoms with Crippen molar-refractivity contribution in [1.82, 2.24) is 4.98 Å². The van der Waals surface area contributed by atoms with Crippen LogP contribution in [0.4, 0.5) is 18.9 Å². The molecule has 1 heterocycles. The van der Waals surface area contributed by atoms with E-state index in [-0.39, 0.29) is 10.9 Å². The van der Waals surface area contributed by atoms with Gasteiger partial charge in [-0.15, -0.1) is 0 Å². The summed E-state index contributed by atoms with van der Waals surface area (Å²) < 4.78 is 38.7. The van der Waals surface area contributed by atoms with Crippen LogP contribution in [0.3, 0.4) is 0 Å². The van der Waals surface area contributed by atoms with E-state index in [0.717, 1.165) is 6.07 Å². The van der Waals surface area contributed by atoms with Gasteiger partial charge in [-0.3, -0.25) is 10.1 Å². The van der Waals surface area contributed by atoms with Crippen LogP contribution < -0.4 is 0 Å². The number of pyridine rings is 1. The lowest BCUT2D eigenvalue weighted by molar-refractivity contribution is -0.383. The van der Waals surface area contributed by atoms with E-state index < -0.39 is 22.4 Å². The summed E-state index contributed by atoms with van der Waals surface area (Å²) in [5.41, 5.74) is -1.75. The van der Waals surface area contributed by atoms with Crippen molar-refractivity contribution >= 4 is 27.4 Å². The highest BCUT2D eigenvalue weighted by Gasteiger charge is 2.33. The number of benzene rings is 2. The van der Waals surface area contributed by atoms with Gasteiger partial charge in [-0.1, -0.05) is 24.3 Å². The Morgan fingerprint density at radius 3 is 2.48 bits per heavy atom. The first-order valence-electron chi connectivity index (χ1n) is 5.91. The molecule has 106 valence electrons. The summed E-state index contributed by atoms with van der Waals surface area (Å²) in [7, 11) is 0. The molecule has 0 aliphatic heterocycles. The van der Waals surface area contributed by atoms with Crippen LogP contribution in [0.5, 0.6) is 0 Å². The van der Waals surface area contributed by atoms with E-state index in [4.69, 9.17) is 0 Å². The average Bonchev–Trinajstić information content (AvgIpc) is 2.44. The van der Waals surface area contributed by atoms with E-state index in [1.807, 2.05) is 0 Å². The molecule has 0 aliphatic rings. The first-order valence-corrected chi connectivity index (χ1v) is 5.91. The number of nitro groups is 1. The molecule has 0 unspecified atom stereocenters. The number of halogens is 3. The lowest BCUT2D eigenvalue weighted by atomic mass is 10.0. The van der Waals surface area contributed by atoms with Crippen molar-refractivity contribution < 1.29 is 18.1 Å². The third-order valence-electron chi connectivity index (χ3n) is 3.20. The molecule has 0 saturated carbocycles. The number of nitrogens with zero attached hydrogens (tertiary/aromatic N) is 2. The molecule has 3 rings (SSSR count). The third kappa shape index (κ3) is 2.16. The first-order chi connectivity index (χ1) is 9.88. The second-order valence-electron chi connectivity index (χ2n) is 4.49. The van der Waals surface area contributed by atoms with E-state index in [1.165, 1.54) is 6.20 Å². The SMILES string of the molecule is O=[N+]([O-])c1cc(C(F)(F)F)cc2c1ncc1ccccc12. The van der Waals surface area contributed by atoms with E-state index in [2.05, 4.69) is 4.98 Å². The fourth-order valence-electron chi connectivity index (χ4n) is 2.25. The average molecular weight is 292 g/mol. The highest BCUT2D eigenvalue weighted by atomic mass is 19.4. The summed E-state index contributed by atoms with van der Waals surface area (Å²) in [5.74, 6) is 0. The Labute approximate surface area is 116 Å². The molecule has 0 aliphatic carbocycles. The molecular weight excluding hydrogens is 285 g/mol. The van der Waals surface area contributed by atoms with Crippen LogP contribution in [0.15, 0.2) is 42.6 Å². The minimum absolute atomic E-state index is 0.0494. The van der Waals surface area contributed by atoms with Crippen molar-refractivity contribution in [3.05, 3.63) is 58.3 Å². The number of hydrogen-bond donors (Lipinski definition) is 0. The summed E-state index contributed by atoms with van der Waals surface area (Å²) >= 11 is 0. The molecule has 3 aromatic rings. The summed E-state index contributed by atoms with van der Waals surface area (Å²) in [5, 5.41) is 12.3. The van der Waals surface area contributed by atoms with Crippen molar-refractivity contribution in [2.45, 2.75) is 6.18 Å². The summed E-state index contributed by atoms with van der Waals surface area (Å²) in [6.45, 7) is 0. The molecule has 1 aromatic heterocycles. The van der Waals surface area contributed by atoms with Gasteiger partial charge in [0.2, 0.25) is 0 Å². The summed E-state index contributed by atoms with van der Waals surface area (Å²) in [4.78, 5) is 14.1. The molecule has 0 radical (unpaired) electrons. The number of nitro benzene ring substituents is 1. The summed E-state index contributed by atoms with van der Waals surface area (Å²) in [6, 6.07) is 8.10. The molecule has 0 spiro atoms. The number of fused-ring (bicyclic) bond motifs is 3. The van der Waals surface area contributed by atoms with Crippen molar-refractivity contribution in [2.24, 2.45) is 0 Å². The maximum Gasteiger partial charge on any atom is 0.416 e. The monoisotopic (exact) mass is 292 g/mol. The lowest BCUT2D eigenvalue weighted by Gasteiger charge is -2.09. The molecule has 0 fully saturated rings. The molecule has 0 N–H and O–H groups in total. The lowest BCUT2D eigenvalue weighted by Crippen LogP contribution is -2.06. The topological polar surface area (TPSA) is 56.0 Å². The van der Waals surface area contributed by atoms with Gasteiger partial charge in [0.25, 0.3) is 5.69 Å². The zero-order valence-corrected chi connectivity index (χ0v) is 10.4. The van der Waals surface area contributed by atoms with Gasteiger partial charge in [-0.2, -0.15) is 13.2 Å². The van der Waals surface area contributed by atoms with Gasteiger partial charge in [0.15, 0.2) is 0 Å². The molecular formula is C14H7F3N2O2. The fraction of sp³-hybridized carbons (Fsp3) is 0.0714. The van der Waals surface area contributed by atoms with Crippen molar-refractivity contribution in [3.63, 3.8) is 0 Å². The van der Waals surface area contributed by atoms with E-state index in [9.17, 15) is 23.3 Å². The Bertz CT molecular complexity index is 875. The molecule has 2 aromatic carbocycles. The Balaban J connectivity index is 2.51. The smallest absolute Gasteiger partial charge is 0.258 e. The Kier molecular flexibility index (Phi) is 2.79. The second kappa shape index (κ2) is 4.41. The summed E-state index contributed by atoms with van der Waals surface area (Å²) in [6.07, 6.45) is -3.24. The van der Waals surface area contributed by atoms with Crippen LogP contribution in [-0.4, -0.2) is 9.91 Å². The van der Waals surface area contributed by atoms with Crippen LogP contribution in [0.1, 0.15) is 5.56 Å². The Morgan fingerprint density at radius 1 is 1.10 bits per heavy atom. The van der Waals surface area contributed by atoms with Gasteiger partial charge in [0.1, 0.15) is 5.52 Å². The highest BCUT2D eigenvalue weighted by molar-refractivity contribution is 6.08. The normalized spacial score (nSPS) is 12.0. The standard InChI is InChI=1S/C14H7F3N2O2/c15-14(16,17)9-5-11-10-4-2-1-3-8(10)7-18-13(11)12(6-9)19(20)21/h1-7H. The van der Waals surface area contributed by atoms with Crippen molar-refractivity contribution in [2.75, 3.05) is 0 Å². The van der Waals surface area contributed by atoms with Crippen LogP contribution in [0.25, 0.3) is 21.7 Å². The third-order valence-corrected chi connectivity index (χ3v) is 3.20. The molecule has 7 heteroatoms. The maximum atomic E-state index is 12.9. The number of rotatable bonds is 1. The van der Waals surface area contributed by atoms with E-state index in [1.54, 1.807) is 24.3 Å². The molecule has 4 nitrogen and oxygen atoms in total. The molecule has 0 atom stereocenters. The number of aromatic nitrogens is 1. The highest BCUT2D eigenvalue weighted by Crippen LogP contribution is 2.37. The van der Waals surface area contributed by atoms with Gasteiger partial charge >= 0.3 is 6.18 Å². The minimum Gasteiger partial charge on any atom is -0.258 e.